The third kappa shape index (κ3) is 7.56. The van der Waals surface area contributed by atoms with Crippen molar-refractivity contribution in [1.29, 1.82) is 0 Å². The lowest BCUT2D eigenvalue weighted by atomic mass is 10.1. The predicted octanol–water partition coefficient (Wildman–Crippen LogP) is 5.37. The van der Waals surface area contributed by atoms with Gasteiger partial charge in [0.15, 0.2) is 0 Å². The largest absolute Gasteiger partial charge is 0.497 e. The van der Waals surface area contributed by atoms with Crippen LogP contribution in [0.4, 0.5) is 11.8 Å². The van der Waals surface area contributed by atoms with Crippen molar-refractivity contribution in [3.05, 3.63) is 112 Å². The van der Waals surface area contributed by atoms with Crippen LogP contribution in [0.5, 0.6) is 11.5 Å². The molecule has 2 N–H and O–H groups in total. The molecule has 0 amide bonds. The molecule has 45 heavy (non-hydrogen) atoms. The van der Waals surface area contributed by atoms with Crippen molar-refractivity contribution in [2.45, 2.75) is 39.4 Å². The monoisotopic (exact) mass is 608 g/mol. The maximum Gasteiger partial charge on any atom is 0.335 e. The summed E-state index contributed by atoms with van der Waals surface area (Å²) in [5, 5.41) is 17.4. The fraction of sp³-hybridized carbons (Fsp3) is 0.265. The van der Waals surface area contributed by atoms with Gasteiger partial charge in [0.25, 0.3) is 5.56 Å². The summed E-state index contributed by atoms with van der Waals surface area (Å²) in [5.74, 6) is 1.43. The molecule has 0 spiro atoms. The summed E-state index contributed by atoms with van der Waals surface area (Å²) in [4.78, 5) is 36.9. The molecule has 5 aromatic rings. The van der Waals surface area contributed by atoms with E-state index in [2.05, 4.69) is 22.2 Å². The topological polar surface area (TPSA) is 132 Å². The smallest absolute Gasteiger partial charge is 0.335 e. The molecule has 0 atom stereocenters. The van der Waals surface area contributed by atoms with Crippen molar-refractivity contribution >= 4 is 28.6 Å². The van der Waals surface area contributed by atoms with Gasteiger partial charge in [-0.25, -0.2) is 14.5 Å². The van der Waals surface area contributed by atoms with Gasteiger partial charge in [-0.2, -0.15) is 10.1 Å². The zero-order valence-corrected chi connectivity index (χ0v) is 25.6. The molecular formula is C34H36N6O5. The highest BCUT2D eigenvalue weighted by molar-refractivity contribution is 5.89. The number of methoxy groups -OCH3 is 2. The normalized spacial score (nSPS) is 10.9. The van der Waals surface area contributed by atoms with E-state index < -0.39 is 5.97 Å². The molecule has 0 unspecified atom stereocenters. The van der Waals surface area contributed by atoms with Crippen molar-refractivity contribution < 1.29 is 19.4 Å². The summed E-state index contributed by atoms with van der Waals surface area (Å²) in [7, 11) is 3.27. The highest BCUT2D eigenvalue weighted by Gasteiger charge is 2.19. The Morgan fingerprint density at radius 2 is 1.44 bits per heavy atom. The lowest BCUT2D eigenvalue weighted by Gasteiger charge is -2.24. The lowest BCUT2D eigenvalue weighted by molar-refractivity contribution is 0.0697. The Hall–Kier alpha value is -5.45. The third-order valence-electron chi connectivity index (χ3n) is 7.40. The van der Waals surface area contributed by atoms with E-state index in [0.717, 1.165) is 41.0 Å². The van der Waals surface area contributed by atoms with E-state index in [1.54, 1.807) is 32.5 Å². The summed E-state index contributed by atoms with van der Waals surface area (Å²) in [6, 6.07) is 22.1. The van der Waals surface area contributed by atoms with Crippen LogP contribution in [0, 0.1) is 0 Å². The Bertz CT molecular complexity index is 1760. The number of nitrogens with zero attached hydrogens (tertiary/aromatic N) is 5. The number of aromatic nitrogens is 4. The SMILES string of the molecule is CCCCNc1nc(N(Cc2ccc(OC)cc2)Cc2ccc(OC)cc2)nc2cnn(Cc3ccc(C(=O)O)cc3)c(=O)c12. The molecule has 0 fully saturated rings. The number of carboxylic acid groups (broad SMARTS) is 1. The number of nitrogens with one attached hydrogen (secondary N) is 1. The minimum atomic E-state index is -1.01. The van der Waals surface area contributed by atoms with E-state index in [1.807, 2.05) is 48.5 Å². The Balaban J connectivity index is 1.55. The molecule has 0 bridgehead atoms. The first-order valence-corrected chi connectivity index (χ1v) is 14.7. The predicted molar refractivity (Wildman–Crippen MR) is 173 cm³/mol. The molecular weight excluding hydrogens is 572 g/mol. The van der Waals surface area contributed by atoms with E-state index in [0.29, 0.717) is 42.3 Å². The van der Waals surface area contributed by atoms with Crippen LogP contribution in [0.25, 0.3) is 10.9 Å². The van der Waals surface area contributed by atoms with E-state index in [-0.39, 0.29) is 17.7 Å². The fourth-order valence-electron chi connectivity index (χ4n) is 4.87. The molecule has 0 aliphatic heterocycles. The second-order valence-corrected chi connectivity index (χ2v) is 10.6. The van der Waals surface area contributed by atoms with Gasteiger partial charge in [-0.15, -0.1) is 0 Å². The number of aromatic carboxylic acids is 1. The summed E-state index contributed by atoms with van der Waals surface area (Å²) in [6.07, 6.45) is 3.46. The Kier molecular flexibility index (Phi) is 9.88. The fourth-order valence-corrected chi connectivity index (χ4v) is 4.87. The van der Waals surface area contributed by atoms with Crippen molar-refractivity contribution in [3.8, 4) is 11.5 Å². The molecule has 11 heteroatoms. The number of fused-ring (bicyclic) bond motifs is 1. The van der Waals surface area contributed by atoms with E-state index in [9.17, 15) is 14.7 Å². The van der Waals surface area contributed by atoms with E-state index in [1.165, 1.54) is 16.8 Å². The average Bonchev–Trinajstić information content (AvgIpc) is 3.06. The zero-order chi connectivity index (χ0) is 31.8. The molecule has 11 nitrogen and oxygen atoms in total. The van der Waals surface area contributed by atoms with Gasteiger partial charge < -0.3 is 24.8 Å². The van der Waals surface area contributed by atoms with E-state index >= 15 is 0 Å². The Morgan fingerprint density at radius 1 is 0.867 bits per heavy atom. The van der Waals surface area contributed by atoms with Crippen molar-refractivity contribution in [1.82, 2.24) is 19.7 Å². The first-order valence-electron chi connectivity index (χ1n) is 14.7. The maximum atomic E-state index is 13.8. The number of hydrogen-bond donors (Lipinski definition) is 2. The first kappa shape index (κ1) is 31.0. The number of unbranched alkanes of at least 4 members (excludes halogenated alkanes) is 1. The summed E-state index contributed by atoms with van der Waals surface area (Å²) < 4.78 is 12.0. The van der Waals surface area contributed by atoms with Crippen LogP contribution in [0.3, 0.4) is 0 Å². The molecule has 2 aromatic heterocycles. The second kappa shape index (κ2) is 14.3. The van der Waals surface area contributed by atoms with Crippen molar-refractivity contribution in [3.63, 3.8) is 0 Å². The van der Waals surface area contributed by atoms with Crippen molar-refractivity contribution in [2.75, 3.05) is 31.0 Å². The number of ether oxygens (including phenoxy) is 2. The number of rotatable bonds is 14. The summed E-state index contributed by atoms with van der Waals surface area (Å²) in [5.41, 5.74) is 3.09. The van der Waals surface area contributed by atoms with Gasteiger partial charge in [-0.3, -0.25) is 4.79 Å². The lowest BCUT2D eigenvalue weighted by Crippen LogP contribution is -2.28. The molecule has 0 aliphatic carbocycles. The average molecular weight is 609 g/mol. The zero-order valence-electron chi connectivity index (χ0n) is 25.6. The van der Waals surface area contributed by atoms with Gasteiger partial charge in [0.05, 0.1) is 32.5 Å². The molecule has 0 radical (unpaired) electrons. The molecule has 0 aliphatic rings. The standard InChI is InChI=1S/C34H36N6O5/c1-4-5-18-35-31-30-29(19-36-40(32(30)41)22-25-6-12-26(13-7-25)33(42)43)37-34(38-31)39(20-23-8-14-27(44-2)15-9-23)21-24-10-16-28(45-3)17-11-24/h6-17,19H,4-5,18,20-22H2,1-3H3,(H,42,43)(H,35,37,38). The molecule has 0 saturated carbocycles. The van der Waals surface area contributed by atoms with Crippen LogP contribution in [0.15, 0.2) is 83.8 Å². The highest BCUT2D eigenvalue weighted by Crippen LogP contribution is 2.25. The van der Waals surface area contributed by atoms with Crippen molar-refractivity contribution in [2.24, 2.45) is 0 Å². The van der Waals surface area contributed by atoms with Gasteiger partial charge in [-0.1, -0.05) is 49.7 Å². The highest BCUT2D eigenvalue weighted by atomic mass is 16.5. The number of anilines is 2. The number of carboxylic acids is 1. The van der Waals surface area contributed by atoms with Gasteiger partial charge in [0, 0.05) is 19.6 Å². The molecule has 232 valence electrons. The van der Waals surface area contributed by atoms with Crippen LogP contribution < -0.4 is 25.2 Å². The first-order chi connectivity index (χ1) is 21.9. The van der Waals surface area contributed by atoms with Crippen LogP contribution in [0.1, 0.15) is 46.8 Å². The number of carbonyl (C=O) groups is 1. The van der Waals surface area contributed by atoms with Gasteiger partial charge in [-0.05, 0) is 59.5 Å². The second-order valence-electron chi connectivity index (χ2n) is 10.6. The number of benzene rings is 3. The molecule has 3 aromatic carbocycles. The summed E-state index contributed by atoms with van der Waals surface area (Å²) in [6.45, 7) is 3.92. The quantitative estimate of drug-likeness (QED) is 0.159. The minimum absolute atomic E-state index is 0.173. The van der Waals surface area contributed by atoms with Gasteiger partial charge in [0.1, 0.15) is 28.2 Å². The molecule has 0 saturated heterocycles. The summed E-state index contributed by atoms with van der Waals surface area (Å²) >= 11 is 0. The Morgan fingerprint density at radius 3 is 1.98 bits per heavy atom. The maximum absolute atomic E-state index is 13.8. The van der Waals surface area contributed by atoms with E-state index in [4.69, 9.17) is 19.4 Å². The van der Waals surface area contributed by atoms with Gasteiger partial charge >= 0.3 is 5.97 Å². The number of hydrogen-bond acceptors (Lipinski definition) is 9. The van der Waals surface area contributed by atoms with Crippen LogP contribution in [-0.4, -0.2) is 51.6 Å². The Labute approximate surface area is 261 Å². The molecule has 5 rings (SSSR count). The van der Waals surface area contributed by atoms with Crippen LogP contribution >= 0.6 is 0 Å². The van der Waals surface area contributed by atoms with Crippen LogP contribution in [-0.2, 0) is 19.6 Å². The molecule has 2 heterocycles. The van der Waals surface area contributed by atoms with Gasteiger partial charge in [0.2, 0.25) is 5.95 Å². The third-order valence-corrected chi connectivity index (χ3v) is 7.40. The minimum Gasteiger partial charge on any atom is -0.497 e. The van der Waals surface area contributed by atoms with Crippen LogP contribution in [0.2, 0.25) is 0 Å².